The van der Waals surface area contributed by atoms with Crippen LogP contribution in [0.5, 0.6) is 0 Å². The normalized spacial score (nSPS) is 9.13. The summed E-state index contributed by atoms with van der Waals surface area (Å²) in [4.78, 5) is 2.15. The van der Waals surface area contributed by atoms with E-state index in [0.717, 1.165) is 0 Å². The summed E-state index contributed by atoms with van der Waals surface area (Å²) in [5.41, 5.74) is 2.37. The minimum absolute atomic E-state index is 0. The first-order valence-corrected chi connectivity index (χ1v) is 4.63. The first-order valence-electron chi connectivity index (χ1n) is 4.63. The van der Waals surface area contributed by atoms with Crippen molar-refractivity contribution >= 4 is 11.4 Å². The number of para-hydroxylation sites is 1. The Bertz CT molecular complexity index is 346. The van der Waals surface area contributed by atoms with Crippen molar-refractivity contribution in [3.05, 3.63) is 60.7 Å². The van der Waals surface area contributed by atoms with Crippen LogP contribution in [0, 0.1) is 6.07 Å². The zero-order valence-corrected chi connectivity index (χ0v) is 11.6. The number of rotatable bonds is 2. The Kier molecular flexibility index (Phi) is 5.00. The van der Waals surface area contributed by atoms with E-state index in [1.54, 1.807) is 0 Å². The summed E-state index contributed by atoms with van der Waals surface area (Å²) in [5, 5.41) is 0. The van der Waals surface area contributed by atoms with Gasteiger partial charge in [0.15, 0.2) is 0 Å². The zero-order valence-electron chi connectivity index (χ0n) is 8.72. The number of hydrogen-bond donors (Lipinski definition) is 0. The van der Waals surface area contributed by atoms with Crippen molar-refractivity contribution in [2.45, 2.75) is 0 Å². The van der Waals surface area contributed by atoms with Crippen LogP contribution in [0.1, 0.15) is 0 Å². The van der Waals surface area contributed by atoms with Gasteiger partial charge in [0.05, 0.1) is 0 Å². The van der Waals surface area contributed by atoms with Crippen LogP contribution >= 0.6 is 0 Å². The fourth-order valence-corrected chi connectivity index (χ4v) is 1.40. The summed E-state index contributed by atoms with van der Waals surface area (Å²) in [5.74, 6) is 0. The number of benzene rings is 2. The second-order valence-corrected chi connectivity index (χ2v) is 3.15. The van der Waals surface area contributed by atoms with Gasteiger partial charge < -0.3 is 4.90 Å². The maximum Gasteiger partial charge on any atom is 0.0389 e. The van der Waals surface area contributed by atoms with Crippen LogP contribution < -0.4 is 4.90 Å². The fourth-order valence-electron chi connectivity index (χ4n) is 1.40. The van der Waals surface area contributed by atoms with Crippen molar-refractivity contribution in [3.8, 4) is 0 Å². The standard InChI is InChI=1S/C13H12N.Y/c1-14(12-8-4-2-5-9-12)13-10-6-3-7-11-13;/h2,4-11H,1H3;/q-1;. The van der Waals surface area contributed by atoms with Crippen LogP contribution in [-0.4, -0.2) is 7.05 Å². The van der Waals surface area contributed by atoms with Gasteiger partial charge in [-0.3, -0.25) is 0 Å². The molecule has 2 aromatic carbocycles. The molecular formula is C13H12NY-. The van der Waals surface area contributed by atoms with Crippen molar-refractivity contribution in [1.82, 2.24) is 0 Å². The number of hydrogen-bond acceptors (Lipinski definition) is 1. The Morgan fingerprint density at radius 1 is 0.867 bits per heavy atom. The molecule has 0 heterocycles. The van der Waals surface area contributed by atoms with Crippen LogP contribution in [0.4, 0.5) is 11.4 Å². The molecule has 2 aromatic rings. The number of nitrogens with zero attached hydrogens (tertiary/aromatic N) is 1. The summed E-state index contributed by atoms with van der Waals surface area (Å²) in [6.07, 6.45) is 0. The van der Waals surface area contributed by atoms with Gasteiger partial charge in [-0.05, 0) is 12.1 Å². The molecule has 0 saturated heterocycles. The first-order chi connectivity index (χ1) is 6.88. The Balaban J connectivity index is 0.00000112. The van der Waals surface area contributed by atoms with E-state index >= 15 is 0 Å². The molecule has 0 aliphatic heterocycles. The molecule has 2 rings (SSSR count). The third-order valence-electron chi connectivity index (χ3n) is 2.23. The molecule has 1 radical (unpaired) electrons. The first kappa shape index (κ1) is 12.4. The van der Waals surface area contributed by atoms with E-state index < -0.39 is 0 Å². The van der Waals surface area contributed by atoms with Gasteiger partial charge in [-0.15, -0.1) is 12.1 Å². The molecule has 1 nitrogen and oxygen atoms in total. The monoisotopic (exact) mass is 271 g/mol. The second-order valence-electron chi connectivity index (χ2n) is 3.15. The molecule has 73 valence electrons. The van der Waals surface area contributed by atoms with Gasteiger partial charge in [0.1, 0.15) is 0 Å². The van der Waals surface area contributed by atoms with E-state index in [-0.39, 0.29) is 32.7 Å². The van der Waals surface area contributed by atoms with E-state index in [4.69, 9.17) is 0 Å². The molecule has 0 amide bonds. The van der Waals surface area contributed by atoms with Gasteiger partial charge >= 0.3 is 0 Å². The van der Waals surface area contributed by atoms with Crippen LogP contribution in [-0.2, 0) is 32.7 Å². The maximum absolute atomic E-state index is 3.01. The molecule has 0 bridgehead atoms. The van der Waals surface area contributed by atoms with Gasteiger partial charge in [0.2, 0.25) is 0 Å². The Morgan fingerprint density at radius 2 is 1.40 bits per heavy atom. The summed E-state index contributed by atoms with van der Waals surface area (Å²) in [6.45, 7) is 0. The van der Waals surface area contributed by atoms with Crippen molar-refractivity contribution < 1.29 is 32.7 Å². The SMILES string of the molecule is CN(c1cc[c-]cc1)c1ccccc1.[Y]. The summed E-state index contributed by atoms with van der Waals surface area (Å²) < 4.78 is 0. The summed E-state index contributed by atoms with van der Waals surface area (Å²) in [6, 6.07) is 21.3. The molecule has 0 unspecified atom stereocenters. The average molecular weight is 271 g/mol. The molecule has 0 aromatic heterocycles. The fraction of sp³-hybridized carbons (Fsp3) is 0.0769. The van der Waals surface area contributed by atoms with Crippen LogP contribution in [0.15, 0.2) is 54.6 Å². The second kappa shape index (κ2) is 6.04. The van der Waals surface area contributed by atoms with E-state index in [0.29, 0.717) is 0 Å². The van der Waals surface area contributed by atoms with E-state index in [2.05, 4.69) is 30.1 Å². The molecule has 0 aliphatic rings. The van der Waals surface area contributed by atoms with Crippen molar-refractivity contribution in [3.63, 3.8) is 0 Å². The molecule has 0 aliphatic carbocycles. The van der Waals surface area contributed by atoms with Crippen molar-refractivity contribution in [2.24, 2.45) is 0 Å². The molecule has 0 N–H and O–H groups in total. The molecule has 15 heavy (non-hydrogen) atoms. The van der Waals surface area contributed by atoms with Gasteiger partial charge in [-0.2, -0.15) is 18.2 Å². The zero-order chi connectivity index (χ0) is 9.80. The van der Waals surface area contributed by atoms with Crippen molar-refractivity contribution in [1.29, 1.82) is 0 Å². The Morgan fingerprint density at radius 3 is 2.00 bits per heavy atom. The third-order valence-corrected chi connectivity index (χ3v) is 2.23. The van der Waals surface area contributed by atoms with Crippen molar-refractivity contribution in [2.75, 3.05) is 11.9 Å². The van der Waals surface area contributed by atoms with Gasteiger partial charge in [0.25, 0.3) is 0 Å². The third kappa shape index (κ3) is 3.15. The van der Waals surface area contributed by atoms with Gasteiger partial charge in [-0.1, -0.05) is 23.9 Å². The Hall–Kier alpha value is -0.656. The average Bonchev–Trinajstić information content (AvgIpc) is 2.30. The smallest absolute Gasteiger partial charge is 0.0389 e. The van der Waals surface area contributed by atoms with Crippen LogP contribution in [0.25, 0.3) is 0 Å². The predicted octanol–water partition coefficient (Wildman–Crippen LogP) is 3.25. The van der Waals surface area contributed by atoms with Gasteiger partial charge in [0, 0.05) is 45.4 Å². The topological polar surface area (TPSA) is 3.24 Å². The van der Waals surface area contributed by atoms with Crippen LogP contribution in [0.3, 0.4) is 0 Å². The molecule has 0 spiro atoms. The van der Waals surface area contributed by atoms with E-state index in [9.17, 15) is 0 Å². The molecule has 0 atom stereocenters. The molecule has 2 heteroatoms. The number of anilines is 2. The molecule has 0 saturated carbocycles. The minimum Gasteiger partial charge on any atom is -0.368 e. The van der Waals surface area contributed by atoms with E-state index in [1.165, 1.54) is 11.4 Å². The quantitative estimate of drug-likeness (QED) is 0.758. The van der Waals surface area contributed by atoms with Crippen LogP contribution in [0.2, 0.25) is 0 Å². The molecular weight excluding hydrogens is 259 g/mol. The minimum atomic E-state index is 0. The molecule has 0 fully saturated rings. The van der Waals surface area contributed by atoms with E-state index in [1.807, 2.05) is 42.5 Å². The summed E-state index contributed by atoms with van der Waals surface area (Å²) >= 11 is 0. The largest absolute Gasteiger partial charge is 0.368 e. The maximum atomic E-state index is 3.01. The Labute approximate surface area is 116 Å². The summed E-state index contributed by atoms with van der Waals surface area (Å²) in [7, 11) is 2.06. The predicted molar refractivity (Wildman–Crippen MR) is 59.8 cm³/mol. The van der Waals surface area contributed by atoms with Gasteiger partial charge in [-0.25, -0.2) is 0 Å².